The Morgan fingerprint density at radius 3 is 2.34 bits per heavy atom. The van der Waals surface area contributed by atoms with Crippen molar-refractivity contribution in [2.75, 3.05) is 25.0 Å². The van der Waals surface area contributed by atoms with Crippen molar-refractivity contribution in [1.29, 1.82) is 0 Å². The van der Waals surface area contributed by atoms with Crippen LogP contribution < -0.4 is 10.0 Å². The smallest absolute Gasteiger partial charge is 0.240 e. The third kappa shape index (κ3) is 6.07. The average Bonchev–Trinajstić information content (AvgIpc) is 2.67. The largest absolute Gasteiger partial charge is 0.324 e. The standard InChI is InChI=1S/C19H20Cl3N3O3S/c20-13-4-6-15(7-5-13)29(27,28)24-14-8-10-25(11-9-14)12-18(26)23-17-3-1-2-16(21)19(17)22/h1-7,14,24H,8-12H2,(H,23,26). The summed E-state index contributed by atoms with van der Waals surface area (Å²) in [5.41, 5.74) is 0.467. The van der Waals surface area contributed by atoms with Crippen LogP contribution in [0.4, 0.5) is 5.69 Å². The average molecular weight is 477 g/mol. The number of carbonyl (C=O) groups is 1. The topological polar surface area (TPSA) is 78.5 Å². The van der Waals surface area contributed by atoms with E-state index < -0.39 is 10.0 Å². The van der Waals surface area contributed by atoms with Crippen LogP contribution in [0.1, 0.15) is 12.8 Å². The lowest BCUT2D eigenvalue weighted by atomic mass is 10.1. The van der Waals surface area contributed by atoms with Crippen LogP contribution in [0.15, 0.2) is 47.4 Å². The molecule has 2 N–H and O–H groups in total. The van der Waals surface area contributed by atoms with Crippen molar-refractivity contribution in [3.63, 3.8) is 0 Å². The minimum Gasteiger partial charge on any atom is -0.324 e. The highest BCUT2D eigenvalue weighted by Crippen LogP contribution is 2.29. The first-order chi connectivity index (χ1) is 13.7. The number of nitrogens with one attached hydrogen (secondary N) is 2. The zero-order valence-corrected chi connectivity index (χ0v) is 18.5. The molecule has 1 aliphatic heterocycles. The molecule has 3 rings (SSSR count). The van der Waals surface area contributed by atoms with Crippen molar-refractivity contribution >= 4 is 56.4 Å². The van der Waals surface area contributed by atoms with Crippen LogP contribution >= 0.6 is 34.8 Å². The number of amides is 1. The molecule has 1 saturated heterocycles. The van der Waals surface area contributed by atoms with Crippen molar-refractivity contribution in [2.45, 2.75) is 23.8 Å². The molecular formula is C19H20Cl3N3O3S. The van der Waals surface area contributed by atoms with E-state index in [0.29, 0.717) is 46.7 Å². The normalized spacial score (nSPS) is 16.0. The van der Waals surface area contributed by atoms with E-state index >= 15 is 0 Å². The monoisotopic (exact) mass is 475 g/mol. The number of hydrogen-bond donors (Lipinski definition) is 2. The van der Waals surface area contributed by atoms with Crippen LogP contribution in [-0.2, 0) is 14.8 Å². The van der Waals surface area contributed by atoms with E-state index in [9.17, 15) is 13.2 Å². The molecule has 1 fully saturated rings. The van der Waals surface area contributed by atoms with E-state index in [-0.39, 0.29) is 23.4 Å². The van der Waals surface area contributed by atoms with Gasteiger partial charge in [0.05, 0.1) is 27.2 Å². The number of likely N-dealkylation sites (tertiary alicyclic amines) is 1. The maximum Gasteiger partial charge on any atom is 0.240 e. The van der Waals surface area contributed by atoms with Crippen LogP contribution in [0.3, 0.4) is 0 Å². The maximum atomic E-state index is 12.5. The van der Waals surface area contributed by atoms with Gasteiger partial charge < -0.3 is 5.32 Å². The van der Waals surface area contributed by atoms with Gasteiger partial charge in [0.2, 0.25) is 15.9 Å². The zero-order chi connectivity index (χ0) is 21.0. The van der Waals surface area contributed by atoms with Crippen molar-refractivity contribution < 1.29 is 13.2 Å². The summed E-state index contributed by atoms with van der Waals surface area (Å²) in [5, 5.41) is 3.91. The number of hydrogen-bond acceptors (Lipinski definition) is 4. The van der Waals surface area contributed by atoms with Gasteiger partial charge in [-0.05, 0) is 49.2 Å². The van der Waals surface area contributed by atoms with Crippen LogP contribution in [0.2, 0.25) is 15.1 Å². The zero-order valence-electron chi connectivity index (χ0n) is 15.4. The number of benzene rings is 2. The number of sulfonamides is 1. The van der Waals surface area contributed by atoms with Crippen LogP contribution in [0.5, 0.6) is 0 Å². The van der Waals surface area contributed by atoms with E-state index in [1.54, 1.807) is 30.3 Å². The molecule has 1 heterocycles. The van der Waals surface area contributed by atoms with Crippen LogP contribution in [0, 0.1) is 0 Å². The first kappa shape index (κ1) is 22.3. The number of piperidine rings is 1. The third-order valence-corrected chi connectivity index (χ3v) is 7.23. The maximum absolute atomic E-state index is 12.5. The quantitative estimate of drug-likeness (QED) is 0.660. The Morgan fingerprint density at radius 1 is 1.03 bits per heavy atom. The SMILES string of the molecule is O=C(CN1CCC(NS(=O)(=O)c2ccc(Cl)cc2)CC1)Nc1cccc(Cl)c1Cl. The Kier molecular flexibility index (Phi) is 7.42. The van der Waals surface area contributed by atoms with Crippen molar-refractivity contribution in [1.82, 2.24) is 9.62 Å². The van der Waals surface area contributed by atoms with Crippen LogP contribution in [0.25, 0.3) is 0 Å². The first-order valence-corrected chi connectivity index (χ1v) is 11.6. The number of carbonyl (C=O) groups excluding carboxylic acids is 1. The van der Waals surface area contributed by atoms with Gasteiger partial charge in [-0.15, -0.1) is 0 Å². The molecule has 1 aliphatic rings. The molecule has 1 amide bonds. The predicted molar refractivity (Wildman–Crippen MR) is 116 cm³/mol. The molecule has 0 radical (unpaired) electrons. The molecule has 2 aromatic carbocycles. The Bertz CT molecular complexity index is 976. The molecule has 0 saturated carbocycles. The van der Waals surface area contributed by atoms with Crippen molar-refractivity contribution in [3.8, 4) is 0 Å². The molecule has 0 aliphatic carbocycles. The highest BCUT2D eigenvalue weighted by molar-refractivity contribution is 7.89. The third-order valence-electron chi connectivity index (χ3n) is 4.63. The summed E-state index contributed by atoms with van der Waals surface area (Å²) in [6.07, 6.45) is 1.22. The number of rotatable bonds is 6. The van der Waals surface area contributed by atoms with Crippen molar-refractivity contribution in [3.05, 3.63) is 57.5 Å². The predicted octanol–water partition coefficient (Wildman–Crippen LogP) is 4.03. The van der Waals surface area contributed by atoms with Gasteiger partial charge >= 0.3 is 0 Å². The summed E-state index contributed by atoms with van der Waals surface area (Å²) in [6, 6.07) is 10.9. The van der Waals surface area contributed by atoms with Crippen molar-refractivity contribution in [2.24, 2.45) is 0 Å². The lowest BCUT2D eigenvalue weighted by molar-refractivity contribution is -0.117. The Hall–Kier alpha value is -1.35. The first-order valence-electron chi connectivity index (χ1n) is 8.99. The van der Waals surface area contributed by atoms with Gasteiger partial charge in [0.25, 0.3) is 0 Å². The number of nitrogens with zero attached hydrogens (tertiary/aromatic N) is 1. The summed E-state index contributed by atoms with van der Waals surface area (Å²) in [6.45, 7) is 1.40. The van der Waals surface area contributed by atoms with E-state index in [0.717, 1.165) is 0 Å². The Labute approximate surface area is 185 Å². The molecule has 0 bridgehead atoms. The lowest BCUT2D eigenvalue weighted by Gasteiger charge is -2.31. The molecule has 0 unspecified atom stereocenters. The second-order valence-corrected chi connectivity index (χ2v) is 9.71. The van der Waals surface area contributed by atoms with E-state index in [1.165, 1.54) is 12.1 Å². The number of anilines is 1. The molecule has 6 nitrogen and oxygen atoms in total. The van der Waals surface area contributed by atoms with Gasteiger partial charge in [0.15, 0.2) is 0 Å². The van der Waals surface area contributed by atoms with Gasteiger partial charge in [0, 0.05) is 24.2 Å². The minimum absolute atomic E-state index is 0.183. The van der Waals surface area contributed by atoms with Gasteiger partial charge in [-0.25, -0.2) is 13.1 Å². The highest BCUT2D eigenvalue weighted by Gasteiger charge is 2.25. The summed E-state index contributed by atoms with van der Waals surface area (Å²) in [4.78, 5) is 14.4. The lowest BCUT2D eigenvalue weighted by Crippen LogP contribution is -2.46. The molecular weight excluding hydrogens is 457 g/mol. The van der Waals surface area contributed by atoms with E-state index in [2.05, 4.69) is 10.0 Å². The van der Waals surface area contributed by atoms with Gasteiger partial charge in [-0.1, -0.05) is 40.9 Å². The van der Waals surface area contributed by atoms with Crippen LogP contribution in [-0.4, -0.2) is 44.9 Å². The molecule has 2 aromatic rings. The second kappa shape index (κ2) is 9.64. The van der Waals surface area contributed by atoms with Gasteiger partial charge in [-0.2, -0.15) is 0 Å². The molecule has 29 heavy (non-hydrogen) atoms. The van der Waals surface area contributed by atoms with Gasteiger partial charge in [0.1, 0.15) is 0 Å². The number of halogens is 3. The van der Waals surface area contributed by atoms with E-state index in [4.69, 9.17) is 34.8 Å². The summed E-state index contributed by atoms with van der Waals surface area (Å²) >= 11 is 17.9. The van der Waals surface area contributed by atoms with Gasteiger partial charge in [-0.3, -0.25) is 9.69 Å². The fourth-order valence-corrected chi connectivity index (χ4v) is 4.88. The minimum atomic E-state index is -3.60. The Morgan fingerprint density at radius 2 is 1.69 bits per heavy atom. The molecule has 0 spiro atoms. The summed E-state index contributed by atoms with van der Waals surface area (Å²) < 4.78 is 27.7. The Balaban J connectivity index is 1.49. The highest BCUT2D eigenvalue weighted by atomic mass is 35.5. The fourth-order valence-electron chi connectivity index (χ4n) is 3.10. The molecule has 156 valence electrons. The molecule has 10 heteroatoms. The summed E-state index contributed by atoms with van der Waals surface area (Å²) in [7, 11) is -3.60. The molecule has 0 atom stereocenters. The van der Waals surface area contributed by atoms with E-state index in [1.807, 2.05) is 4.90 Å². The fraction of sp³-hybridized carbons (Fsp3) is 0.316. The summed E-state index contributed by atoms with van der Waals surface area (Å²) in [5.74, 6) is -0.200. The second-order valence-electron chi connectivity index (χ2n) is 6.78. The molecule has 0 aromatic heterocycles.